The number of aliphatic hydroxyl groups excluding tert-OH is 1. The van der Waals surface area contributed by atoms with Crippen LogP contribution in [0.1, 0.15) is 28.6 Å². The lowest BCUT2D eigenvalue weighted by Crippen LogP contribution is -2.08. The summed E-state index contributed by atoms with van der Waals surface area (Å²) in [5.41, 5.74) is 1.94. The Morgan fingerprint density at radius 3 is 2.55 bits per heavy atom. The molecule has 1 N–H and O–H groups in total. The van der Waals surface area contributed by atoms with Crippen LogP contribution < -0.4 is 0 Å². The van der Waals surface area contributed by atoms with E-state index in [1.807, 2.05) is 6.92 Å². The second kappa shape index (κ2) is 5.97. The Morgan fingerprint density at radius 1 is 1.20 bits per heavy atom. The second-order valence-electron chi connectivity index (χ2n) is 4.67. The molecule has 0 radical (unpaired) electrons. The van der Waals surface area contributed by atoms with E-state index in [9.17, 15) is 13.9 Å². The van der Waals surface area contributed by atoms with Crippen molar-refractivity contribution in [3.05, 3.63) is 62.9 Å². The zero-order valence-electron chi connectivity index (χ0n) is 11.1. The third-order valence-corrected chi connectivity index (χ3v) is 3.77. The molecule has 0 aliphatic carbocycles. The number of pyridine rings is 1. The number of nitrogens with zero attached hydrogens (tertiary/aromatic N) is 1. The van der Waals surface area contributed by atoms with Crippen LogP contribution in [0.2, 0.25) is 0 Å². The van der Waals surface area contributed by atoms with Crippen LogP contribution in [0, 0.1) is 25.5 Å². The molecule has 0 amide bonds. The quantitative estimate of drug-likeness (QED) is 0.855. The van der Waals surface area contributed by atoms with Crippen molar-refractivity contribution in [1.82, 2.24) is 4.98 Å². The van der Waals surface area contributed by atoms with Gasteiger partial charge in [-0.05, 0) is 48.0 Å². The number of hydrogen-bond acceptors (Lipinski definition) is 2. The summed E-state index contributed by atoms with van der Waals surface area (Å²) in [4.78, 5) is 4.24. The molecule has 0 fully saturated rings. The molecule has 20 heavy (non-hydrogen) atoms. The average Bonchev–Trinajstić information content (AvgIpc) is 2.39. The molecule has 1 aromatic carbocycles. The van der Waals surface area contributed by atoms with Crippen LogP contribution in [0.5, 0.6) is 0 Å². The van der Waals surface area contributed by atoms with Crippen LogP contribution in [0.4, 0.5) is 8.78 Å². The lowest BCUT2D eigenvalue weighted by atomic mass is 9.99. The molecule has 1 unspecified atom stereocenters. The summed E-state index contributed by atoms with van der Waals surface area (Å²) >= 11 is 3.01. The van der Waals surface area contributed by atoms with Gasteiger partial charge in [-0.3, -0.25) is 4.98 Å². The van der Waals surface area contributed by atoms with Gasteiger partial charge in [-0.25, -0.2) is 8.78 Å². The predicted octanol–water partition coefficient (Wildman–Crippen LogP) is 4.02. The molecule has 5 heteroatoms. The van der Waals surface area contributed by atoms with Gasteiger partial charge in [0, 0.05) is 28.9 Å². The monoisotopic (exact) mass is 341 g/mol. The van der Waals surface area contributed by atoms with Crippen LogP contribution in [0.15, 0.2) is 28.7 Å². The van der Waals surface area contributed by atoms with Crippen molar-refractivity contribution >= 4 is 15.9 Å². The number of rotatable bonds is 3. The van der Waals surface area contributed by atoms with Crippen molar-refractivity contribution in [2.45, 2.75) is 26.4 Å². The summed E-state index contributed by atoms with van der Waals surface area (Å²) in [5, 5.41) is 10.2. The highest BCUT2D eigenvalue weighted by atomic mass is 79.9. The first-order chi connectivity index (χ1) is 9.40. The average molecular weight is 342 g/mol. The van der Waals surface area contributed by atoms with E-state index in [1.54, 1.807) is 19.1 Å². The molecule has 0 bridgehead atoms. The van der Waals surface area contributed by atoms with Gasteiger partial charge in [0.2, 0.25) is 0 Å². The van der Waals surface area contributed by atoms with E-state index in [4.69, 9.17) is 0 Å². The van der Waals surface area contributed by atoms with Crippen molar-refractivity contribution in [2.75, 3.05) is 0 Å². The Kier molecular flexibility index (Phi) is 4.50. The van der Waals surface area contributed by atoms with Crippen molar-refractivity contribution in [3.8, 4) is 0 Å². The zero-order chi connectivity index (χ0) is 14.9. The summed E-state index contributed by atoms with van der Waals surface area (Å²) in [5.74, 6) is -1.34. The lowest BCUT2D eigenvalue weighted by Gasteiger charge is -2.15. The van der Waals surface area contributed by atoms with Crippen LogP contribution >= 0.6 is 15.9 Å². The number of aryl methyl sites for hydroxylation is 2. The van der Waals surface area contributed by atoms with Crippen molar-refractivity contribution in [1.29, 1.82) is 0 Å². The largest absolute Gasteiger partial charge is 0.388 e. The van der Waals surface area contributed by atoms with Gasteiger partial charge < -0.3 is 5.11 Å². The fourth-order valence-corrected chi connectivity index (χ4v) is 2.48. The molecule has 0 saturated carbocycles. The Labute approximate surface area is 124 Å². The molecular formula is C15H14BrF2NO. The molecular weight excluding hydrogens is 328 g/mol. The van der Waals surface area contributed by atoms with Crippen LogP contribution in [-0.4, -0.2) is 10.1 Å². The number of hydrogen-bond donors (Lipinski definition) is 1. The fraction of sp³-hybridized carbons (Fsp3) is 0.267. The Hall–Kier alpha value is -1.33. The minimum Gasteiger partial charge on any atom is -0.388 e. The summed E-state index contributed by atoms with van der Waals surface area (Å²) in [6.45, 7) is 3.61. The highest BCUT2D eigenvalue weighted by molar-refractivity contribution is 9.10. The van der Waals surface area contributed by atoms with E-state index in [0.717, 1.165) is 5.69 Å². The summed E-state index contributed by atoms with van der Waals surface area (Å²) in [6.07, 6.45) is -1.13. The van der Waals surface area contributed by atoms with Crippen LogP contribution in [0.3, 0.4) is 0 Å². The van der Waals surface area contributed by atoms with E-state index in [1.165, 1.54) is 12.1 Å². The summed E-state index contributed by atoms with van der Waals surface area (Å²) in [6, 6.07) is 5.98. The van der Waals surface area contributed by atoms with Gasteiger partial charge in [0.15, 0.2) is 0 Å². The Morgan fingerprint density at radius 2 is 1.90 bits per heavy atom. The normalized spacial score (nSPS) is 12.5. The number of benzene rings is 1. The molecule has 0 aliphatic rings. The van der Waals surface area contributed by atoms with E-state index in [0.29, 0.717) is 11.3 Å². The van der Waals surface area contributed by atoms with Gasteiger partial charge >= 0.3 is 0 Å². The van der Waals surface area contributed by atoms with Crippen molar-refractivity contribution in [2.24, 2.45) is 0 Å². The lowest BCUT2D eigenvalue weighted by molar-refractivity contribution is 0.174. The molecule has 1 heterocycles. The molecule has 0 aliphatic heterocycles. The van der Waals surface area contributed by atoms with E-state index < -0.39 is 17.7 Å². The SMILES string of the molecule is Cc1ccc(C(O)Cc2c(F)ccc(Br)c2F)c(C)n1. The van der Waals surface area contributed by atoms with Crippen LogP contribution in [0.25, 0.3) is 0 Å². The van der Waals surface area contributed by atoms with E-state index in [2.05, 4.69) is 20.9 Å². The first-order valence-corrected chi connectivity index (χ1v) is 6.94. The Balaban J connectivity index is 2.32. The number of aromatic nitrogens is 1. The molecule has 1 atom stereocenters. The third kappa shape index (κ3) is 3.04. The summed E-state index contributed by atoms with van der Waals surface area (Å²) < 4.78 is 27.8. The maximum atomic E-state index is 13.9. The molecule has 0 spiro atoms. The highest BCUT2D eigenvalue weighted by Gasteiger charge is 2.19. The molecule has 2 rings (SSSR count). The van der Waals surface area contributed by atoms with Gasteiger partial charge in [-0.15, -0.1) is 0 Å². The van der Waals surface area contributed by atoms with Gasteiger partial charge in [-0.2, -0.15) is 0 Å². The first-order valence-electron chi connectivity index (χ1n) is 6.14. The topological polar surface area (TPSA) is 33.1 Å². The van der Waals surface area contributed by atoms with Gasteiger partial charge in [0.1, 0.15) is 11.6 Å². The maximum Gasteiger partial charge on any atom is 0.143 e. The number of halogens is 3. The van der Waals surface area contributed by atoms with Crippen molar-refractivity contribution in [3.63, 3.8) is 0 Å². The minimum atomic E-state index is -0.999. The molecule has 1 aromatic heterocycles. The zero-order valence-corrected chi connectivity index (χ0v) is 12.7. The Bertz CT molecular complexity index is 646. The first kappa shape index (κ1) is 15.1. The number of aliphatic hydroxyl groups is 1. The van der Waals surface area contributed by atoms with Crippen molar-refractivity contribution < 1.29 is 13.9 Å². The third-order valence-electron chi connectivity index (χ3n) is 3.16. The minimum absolute atomic E-state index is 0.133. The maximum absolute atomic E-state index is 13.9. The van der Waals surface area contributed by atoms with Gasteiger partial charge in [0.05, 0.1) is 10.6 Å². The van der Waals surface area contributed by atoms with Crippen LogP contribution in [-0.2, 0) is 6.42 Å². The highest BCUT2D eigenvalue weighted by Crippen LogP contribution is 2.27. The predicted molar refractivity (Wildman–Crippen MR) is 76.4 cm³/mol. The molecule has 2 aromatic rings. The van der Waals surface area contributed by atoms with E-state index >= 15 is 0 Å². The second-order valence-corrected chi connectivity index (χ2v) is 5.52. The fourth-order valence-electron chi connectivity index (χ4n) is 2.11. The smallest absolute Gasteiger partial charge is 0.143 e. The standard InChI is InChI=1S/C15H14BrF2NO/c1-8-3-4-10(9(2)19-8)14(20)7-11-13(17)6-5-12(16)15(11)18/h3-6,14,20H,7H2,1-2H3. The molecule has 106 valence electrons. The summed E-state index contributed by atoms with van der Waals surface area (Å²) in [7, 11) is 0. The molecule has 2 nitrogen and oxygen atoms in total. The van der Waals surface area contributed by atoms with Gasteiger partial charge in [-0.1, -0.05) is 6.07 Å². The van der Waals surface area contributed by atoms with E-state index in [-0.39, 0.29) is 16.5 Å². The molecule has 0 saturated heterocycles. The van der Waals surface area contributed by atoms with Gasteiger partial charge in [0.25, 0.3) is 0 Å².